The lowest BCUT2D eigenvalue weighted by Crippen LogP contribution is -2.31. The highest BCUT2D eigenvalue weighted by atomic mass is 35.5. The molecule has 9 heteroatoms. The van der Waals surface area contributed by atoms with E-state index < -0.39 is 0 Å². The number of rotatable bonds is 8. The number of hydrogen-bond acceptors (Lipinski definition) is 5. The van der Waals surface area contributed by atoms with Crippen LogP contribution in [-0.4, -0.2) is 41.5 Å². The van der Waals surface area contributed by atoms with Gasteiger partial charge in [0, 0.05) is 41.1 Å². The normalized spacial score (nSPS) is 12.5. The van der Waals surface area contributed by atoms with Crippen molar-refractivity contribution in [2.24, 2.45) is 0 Å². The van der Waals surface area contributed by atoms with Crippen molar-refractivity contribution in [2.45, 2.75) is 13.3 Å². The number of fused-ring (bicyclic) bond motifs is 1. The molecule has 0 spiro atoms. The molecule has 1 aliphatic heterocycles. The summed E-state index contributed by atoms with van der Waals surface area (Å²) in [5, 5.41) is 9.63. The maximum atomic E-state index is 12.8. The van der Waals surface area contributed by atoms with Crippen LogP contribution in [0.2, 0.25) is 5.02 Å². The Morgan fingerprint density at radius 1 is 1.36 bits per heavy atom. The molecule has 0 unspecified atom stereocenters. The van der Waals surface area contributed by atoms with Gasteiger partial charge in [-0.1, -0.05) is 24.2 Å². The third-order valence-electron chi connectivity index (χ3n) is 5.39. The van der Waals surface area contributed by atoms with E-state index in [-0.39, 0.29) is 18.4 Å². The largest absolute Gasteiger partial charge is 0.489 e. The van der Waals surface area contributed by atoms with Gasteiger partial charge in [-0.3, -0.25) is 14.6 Å². The van der Waals surface area contributed by atoms with Crippen LogP contribution in [0, 0.1) is 6.92 Å². The maximum Gasteiger partial charge on any atom is 0.255 e. The van der Waals surface area contributed by atoms with Crippen LogP contribution in [0.25, 0.3) is 11.3 Å². The third-order valence-corrected chi connectivity index (χ3v) is 5.80. The molecule has 0 saturated heterocycles. The number of amides is 2. The fourth-order valence-corrected chi connectivity index (χ4v) is 3.87. The first-order valence-electron chi connectivity index (χ1n) is 10.5. The van der Waals surface area contributed by atoms with E-state index in [9.17, 15) is 9.59 Å². The number of aromatic nitrogens is 2. The summed E-state index contributed by atoms with van der Waals surface area (Å²) in [6.45, 7) is 6.47. The second-order valence-electron chi connectivity index (χ2n) is 7.49. The van der Waals surface area contributed by atoms with Crippen molar-refractivity contribution in [3.8, 4) is 17.0 Å². The van der Waals surface area contributed by atoms with E-state index in [1.807, 2.05) is 31.2 Å². The average Bonchev–Trinajstić information content (AvgIpc) is 3.19. The Balaban J connectivity index is 1.73. The van der Waals surface area contributed by atoms with Gasteiger partial charge < -0.3 is 25.7 Å². The number of anilines is 2. The lowest BCUT2D eigenvalue weighted by atomic mass is 10.0. The molecule has 33 heavy (non-hydrogen) atoms. The van der Waals surface area contributed by atoms with Gasteiger partial charge in [0.05, 0.1) is 29.7 Å². The van der Waals surface area contributed by atoms with Crippen LogP contribution in [0.4, 0.5) is 11.4 Å². The van der Waals surface area contributed by atoms with E-state index >= 15 is 0 Å². The van der Waals surface area contributed by atoms with Gasteiger partial charge in [-0.05, 0) is 36.8 Å². The van der Waals surface area contributed by atoms with Crippen molar-refractivity contribution in [1.82, 2.24) is 20.6 Å². The van der Waals surface area contributed by atoms with Gasteiger partial charge in [0.25, 0.3) is 5.91 Å². The number of ether oxygens (including phenoxy) is 1. The zero-order valence-electron chi connectivity index (χ0n) is 18.1. The van der Waals surface area contributed by atoms with Gasteiger partial charge in [0.2, 0.25) is 5.91 Å². The van der Waals surface area contributed by atoms with Gasteiger partial charge >= 0.3 is 0 Å². The molecule has 3 heterocycles. The molecule has 0 radical (unpaired) electrons. The quantitative estimate of drug-likeness (QED) is 0.299. The van der Waals surface area contributed by atoms with E-state index in [2.05, 4.69) is 32.5 Å². The van der Waals surface area contributed by atoms with Gasteiger partial charge in [-0.15, -0.1) is 0 Å². The molecule has 170 valence electrons. The van der Waals surface area contributed by atoms with Crippen molar-refractivity contribution < 1.29 is 14.3 Å². The number of pyridine rings is 1. The Labute approximate surface area is 196 Å². The van der Waals surface area contributed by atoms with Crippen molar-refractivity contribution >= 4 is 34.8 Å². The molecule has 1 aromatic carbocycles. The second-order valence-corrected chi connectivity index (χ2v) is 7.89. The average molecular weight is 466 g/mol. The fourth-order valence-electron chi connectivity index (χ4n) is 3.69. The highest BCUT2D eigenvalue weighted by Crippen LogP contribution is 2.41. The second kappa shape index (κ2) is 9.79. The Bertz CT molecular complexity index is 1220. The van der Waals surface area contributed by atoms with Crippen molar-refractivity contribution in [2.75, 3.05) is 25.0 Å². The van der Waals surface area contributed by atoms with Crippen LogP contribution in [0.5, 0.6) is 5.75 Å². The third kappa shape index (κ3) is 4.70. The summed E-state index contributed by atoms with van der Waals surface area (Å²) >= 11 is 6.32. The Kier molecular flexibility index (Phi) is 6.65. The van der Waals surface area contributed by atoms with E-state index in [1.165, 1.54) is 6.08 Å². The molecule has 4 rings (SSSR count). The minimum absolute atomic E-state index is 0.149. The van der Waals surface area contributed by atoms with Gasteiger partial charge in [-0.2, -0.15) is 0 Å². The number of nitrogens with zero attached hydrogens (tertiary/aromatic N) is 1. The van der Waals surface area contributed by atoms with E-state index in [1.54, 1.807) is 12.4 Å². The number of aromatic amines is 1. The number of carbonyl (C=O) groups excluding carboxylic acids is 2. The first-order valence-corrected chi connectivity index (χ1v) is 10.9. The first-order chi connectivity index (χ1) is 16.0. The zero-order valence-corrected chi connectivity index (χ0v) is 18.9. The molecule has 3 aromatic rings. The Morgan fingerprint density at radius 3 is 3.03 bits per heavy atom. The number of halogens is 1. The van der Waals surface area contributed by atoms with Gasteiger partial charge in [0.15, 0.2) is 0 Å². The van der Waals surface area contributed by atoms with E-state index in [0.717, 1.165) is 22.5 Å². The zero-order chi connectivity index (χ0) is 23.4. The summed E-state index contributed by atoms with van der Waals surface area (Å²) in [5.74, 6) is 0.108. The maximum absolute atomic E-state index is 12.8. The Morgan fingerprint density at radius 2 is 2.21 bits per heavy atom. The summed E-state index contributed by atoms with van der Waals surface area (Å²) < 4.78 is 5.91. The topological polar surface area (TPSA) is 108 Å². The number of nitrogens with one attached hydrogen (secondary N) is 4. The first kappa shape index (κ1) is 22.4. The molecular formula is C24H24ClN5O3. The van der Waals surface area contributed by atoms with Gasteiger partial charge in [-0.25, -0.2) is 0 Å². The molecular weight excluding hydrogens is 442 g/mol. The minimum atomic E-state index is -0.267. The molecule has 1 aliphatic rings. The van der Waals surface area contributed by atoms with Crippen molar-refractivity contribution in [1.29, 1.82) is 0 Å². The molecule has 4 N–H and O–H groups in total. The standard InChI is InChI=1S/C24H24ClN5O3/c1-3-20(31)27-11-12-33-19-13-26-9-7-15(19)22-23(21-18(30-22)8-10-28-24(21)32)29-17-6-4-5-16(25)14(17)2/h3-7,9,13,29-30H,1,8,10-12H2,2H3,(H,27,31)(H,28,32). The van der Waals surface area contributed by atoms with E-state index in [0.29, 0.717) is 47.2 Å². The lowest BCUT2D eigenvalue weighted by molar-refractivity contribution is -0.116. The number of benzene rings is 1. The fraction of sp³-hybridized carbons (Fsp3) is 0.208. The predicted molar refractivity (Wildman–Crippen MR) is 128 cm³/mol. The Hall–Kier alpha value is -3.78. The summed E-state index contributed by atoms with van der Waals surface area (Å²) in [6, 6.07) is 7.41. The molecule has 2 aromatic heterocycles. The SMILES string of the molecule is C=CC(=O)NCCOc1cnccc1-c1[nH]c2c(c1Nc1cccc(Cl)c1C)C(=O)NCC2. The van der Waals surface area contributed by atoms with Crippen molar-refractivity contribution in [3.05, 3.63) is 71.2 Å². The molecule has 8 nitrogen and oxygen atoms in total. The monoisotopic (exact) mass is 465 g/mol. The summed E-state index contributed by atoms with van der Waals surface area (Å²) in [7, 11) is 0. The summed E-state index contributed by atoms with van der Waals surface area (Å²) in [4.78, 5) is 31.8. The molecule has 0 saturated carbocycles. The van der Waals surface area contributed by atoms with E-state index in [4.69, 9.17) is 16.3 Å². The van der Waals surface area contributed by atoms with Gasteiger partial charge in [0.1, 0.15) is 12.4 Å². The molecule has 0 atom stereocenters. The highest BCUT2D eigenvalue weighted by Gasteiger charge is 2.28. The van der Waals surface area contributed by atoms with Crippen molar-refractivity contribution in [3.63, 3.8) is 0 Å². The van der Waals surface area contributed by atoms with Crippen LogP contribution < -0.4 is 20.7 Å². The summed E-state index contributed by atoms with van der Waals surface area (Å²) in [6.07, 6.45) is 5.16. The van der Waals surface area contributed by atoms with Crippen LogP contribution in [0.3, 0.4) is 0 Å². The van der Waals surface area contributed by atoms with Crippen LogP contribution in [-0.2, 0) is 11.2 Å². The van der Waals surface area contributed by atoms with Crippen LogP contribution in [0.15, 0.2) is 49.3 Å². The summed E-state index contributed by atoms with van der Waals surface area (Å²) in [5.41, 5.74) is 5.18. The van der Waals surface area contributed by atoms with Crippen LogP contribution in [0.1, 0.15) is 21.6 Å². The lowest BCUT2D eigenvalue weighted by Gasteiger charge is -2.17. The number of carbonyl (C=O) groups is 2. The molecule has 0 aliphatic carbocycles. The van der Waals surface area contributed by atoms with Crippen LogP contribution >= 0.6 is 11.6 Å². The predicted octanol–water partition coefficient (Wildman–Crippen LogP) is 3.75. The molecule has 0 fully saturated rings. The highest BCUT2D eigenvalue weighted by molar-refractivity contribution is 6.31. The minimum Gasteiger partial charge on any atom is -0.489 e. The smallest absolute Gasteiger partial charge is 0.255 e. The molecule has 2 amide bonds. The number of hydrogen-bond donors (Lipinski definition) is 4. The molecule has 0 bridgehead atoms. The number of H-pyrrole nitrogens is 1.